The van der Waals surface area contributed by atoms with E-state index >= 15 is 0 Å². The molecular formula is C22H19N3O5. The highest BCUT2D eigenvalue weighted by molar-refractivity contribution is 5.95. The number of carbonyl (C=O) groups excluding carboxylic acids is 1. The molecule has 0 atom stereocenters. The molecule has 0 aromatic heterocycles. The smallest absolute Gasteiger partial charge is 0.271 e. The number of benzene rings is 3. The first-order chi connectivity index (χ1) is 14.6. The summed E-state index contributed by atoms with van der Waals surface area (Å²) in [5.41, 5.74) is 4.30. The van der Waals surface area contributed by atoms with E-state index < -0.39 is 10.8 Å². The quantitative estimate of drug-likeness (QED) is 0.347. The Kier molecular flexibility index (Phi) is 6.73. The Bertz CT molecular complexity index is 1050. The molecule has 1 amide bonds. The van der Waals surface area contributed by atoms with Crippen LogP contribution in [0, 0.1) is 10.1 Å². The Balaban J connectivity index is 1.61. The molecule has 0 fully saturated rings. The number of ether oxygens (including phenoxy) is 2. The summed E-state index contributed by atoms with van der Waals surface area (Å²) in [6, 6.07) is 20.3. The molecule has 8 nitrogen and oxygen atoms in total. The molecule has 0 unspecified atom stereocenters. The van der Waals surface area contributed by atoms with E-state index in [9.17, 15) is 14.9 Å². The van der Waals surface area contributed by atoms with Crippen LogP contribution in [0.4, 0.5) is 5.69 Å². The van der Waals surface area contributed by atoms with Crippen LogP contribution in [0.3, 0.4) is 0 Å². The molecule has 3 aromatic rings. The SMILES string of the molecule is COc1cc(C=NNC(=O)c2ccc([N+](=O)[O-])cc2)ccc1OCc1ccccc1. The maximum absolute atomic E-state index is 12.1. The number of hydrazone groups is 1. The van der Waals surface area contributed by atoms with Crippen LogP contribution in [0.25, 0.3) is 0 Å². The van der Waals surface area contributed by atoms with Crippen molar-refractivity contribution in [2.75, 3.05) is 7.11 Å². The summed E-state index contributed by atoms with van der Waals surface area (Å²) in [6.07, 6.45) is 1.47. The van der Waals surface area contributed by atoms with Crippen molar-refractivity contribution in [1.29, 1.82) is 0 Å². The molecular weight excluding hydrogens is 386 g/mol. The van der Waals surface area contributed by atoms with Crippen LogP contribution in [0.15, 0.2) is 77.9 Å². The molecule has 152 valence electrons. The molecule has 0 spiro atoms. The van der Waals surface area contributed by atoms with Crippen LogP contribution in [0.1, 0.15) is 21.5 Å². The predicted octanol–water partition coefficient (Wildman–Crippen LogP) is 3.95. The van der Waals surface area contributed by atoms with Gasteiger partial charge in [-0.15, -0.1) is 0 Å². The first kappa shape index (κ1) is 20.5. The van der Waals surface area contributed by atoms with Crippen molar-refractivity contribution in [1.82, 2.24) is 5.43 Å². The zero-order valence-electron chi connectivity index (χ0n) is 16.1. The lowest BCUT2D eigenvalue weighted by Crippen LogP contribution is -2.17. The topological polar surface area (TPSA) is 103 Å². The van der Waals surface area contributed by atoms with Crippen molar-refractivity contribution < 1.29 is 19.2 Å². The van der Waals surface area contributed by atoms with Crippen LogP contribution in [0.2, 0.25) is 0 Å². The number of nitrogens with one attached hydrogen (secondary N) is 1. The van der Waals surface area contributed by atoms with Crippen molar-refractivity contribution >= 4 is 17.8 Å². The van der Waals surface area contributed by atoms with Gasteiger partial charge < -0.3 is 9.47 Å². The van der Waals surface area contributed by atoms with Crippen LogP contribution >= 0.6 is 0 Å². The Morgan fingerprint density at radius 3 is 2.47 bits per heavy atom. The van der Waals surface area contributed by atoms with E-state index in [1.165, 1.54) is 30.5 Å². The molecule has 0 saturated carbocycles. The van der Waals surface area contributed by atoms with E-state index in [-0.39, 0.29) is 11.3 Å². The van der Waals surface area contributed by atoms with E-state index in [1.54, 1.807) is 25.3 Å². The lowest BCUT2D eigenvalue weighted by Gasteiger charge is -2.11. The number of hydrogen-bond donors (Lipinski definition) is 1. The molecule has 8 heteroatoms. The third kappa shape index (κ3) is 5.41. The molecule has 1 N–H and O–H groups in total. The molecule has 0 heterocycles. The van der Waals surface area contributed by atoms with Crippen LogP contribution in [0.5, 0.6) is 11.5 Å². The molecule has 0 aliphatic carbocycles. The first-order valence-electron chi connectivity index (χ1n) is 8.99. The first-order valence-corrected chi connectivity index (χ1v) is 8.99. The largest absolute Gasteiger partial charge is 0.493 e. The number of nitro groups is 1. The van der Waals surface area contributed by atoms with Crippen molar-refractivity contribution in [3.8, 4) is 11.5 Å². The van der Waals surface area contributed by atoms with Gasteiger partial charge in [0.05, 0.1) is 18.2 Å². The fraction of sp³-hybridized carbons (Fsp3) is 0.0909. The minimum atomic E-state index is -0.527. The van der Waals surface area contributed by atoms with Gasteiger partial charge in [0, 0.05) is 17.7 Å². The summed E-state index contributed by atoms with van der Waals surface area (Å²) >= 11 is 0. The summed E-state index contributed by atoms with van der Waals surface area (Å²) in [5.74, 6) is 0.654. The molecule has 0 aliphatic heterocycles. The second-order valence-corrected chi connectivity index (χ2v) is 6.19. The van der Waals surface area contributed by atoms with Crippen molar-refractivity contribution in [3.05, 3.63) is 99.6 Å². The zero-order chi connectivity index (χ0) is 21.3. The highest BCUT2D eigenvalue weighted by Crippen LogP contribution is 2.28. The second kappa shape index (κ2) is 9.83. The summed E-state index contributed by atoms with van der Waals surface area (Å²) in [6.45, 7) is 0.413. The predicted molar refractivity (Wildman–Crippen MR) is 112 cm³/mol. The maximum atomic E-state index is 12.1. The molecule has 0 aliphatic rings. The van der Waals surface area contributed by atoms with Gasteiger partial charge in [0.1, 0.15) is 6.61 Å². The average Bonchev–Trinajstić information content (AvgIpc) is 2.78. The fourth-order valence-electron chi connectivity index (χ4n) is 2.58. The number of nitro benzene ring substituents is 1. The minimum Gasteiger partial charge on any atom is -0.493 e. The summed E-state index contributed by atoms with van der Waals surface area (Å²) in [4.78, 5) is 22.2. The van der Waals surface area contributed by atoms with Crippen LogP contribution in [-0.2, 0) is 6.61 Å². The van der Waals surface area contributed by atoms with E-state index in [2.05, 4.69) is 10.5 Å². The highest BCUT2D eigenvalue weighted by Gasteiger charge is 2.09. The van der Waals surface area contributed by atoms with E-state index in [0.717, 1.165) is 5.56 Å². The highest BCUT2D eigenvalue weighted by atomic mass is 16.6. The normalized spacial score (nSPS) is 10.6. The maximum Gasteiger partial charge on any atom is 0.271 e. The number of carbonyl (C=O) groups is 1. The van der Waals surface area contributed by atoms with Gasteiger partial charge in [-0.3, -0.25) is 14.9 Å². The molecule has 3 rings (SSSR count). The number of rotatable bonds is 8. The summed E-state index contributed by atoms with van der Waals surface area (Å²) in [7, 11) is 1.54. The van der Waals surface area contributed by atoms with Crippen LogP contribution < -0.4 is 14.9 Å². The number of hydrogen-bond acceptors (Lipinski definition) is 6. The molecule has 0 radical (unpaired) electrons. The molecule has 0 bridgehead atoms. The van der Waals surface area contributed by atoms with Crippen molar-refractivity contribution in [2.45, 2.75) is 6.61 Å². The fourth-order valence-corrected chi connectivity index (χ4v) is 2.58. The monoisotopic (exact) mass is 405 g/mol. The molecule has 3 aromatic carbocycles. The molecule has 30 heavy (non-hydrogen) atoms. The average molecular weight is 405 g/mol. The lowest BCUT2D eigenvalue weighted by molar-refractivity contribution is -0.384. The third-order valence-corrected chi connectivity index (χ3v) is 4.14. The number of nitrogens with zero attached hydrogens (tertiary/aromatic N) is 2. The van der Waals surface area contributed by atoms with E-state index in [1.807, 2.05) is 30.3 Å². The molecule has 0 saturated heterocycles. The van der Waals surface area contributed by atoms with Gasteiger partial charge in [-0.1, -0.05) is 30.3 Å². The van der Waals surface area contributed by atoms with Gasteiger partial charge in [0.2, 0.25) is 0 Å². The lowest BCUT2D eigenvalue weighted by atomic mass is 10.2. The summed E-state index contributed by atoms with van der Waals surface area (Å²) < 4.78 is 11.2. The van der Waals surface area contributed by atoms with Gasteiger partial charge in [-0.25, -0.2) is 5.43 Å². The van der Waals surface area contributed by atoms with Crippen LogP contribution in [-0.4, -0.2) is 24.2 Å². The number of non-ortho nitro benzene ring substituents is 1. The van der Waals surface area contributed by atoms with Gasteiger partial charge >= 0.3 is 0 Å². The number of amides is 1. The second-order valence-electron chi connectivity index (χ2n) is 6.19. The Labute approximate surface area is 172 Å². The van der Waals surface area contributed by atoms with Gasteiger partial charge in [-0.05, 0) is 41.5 Å². The van der Waals surface area contributed by atoms with Gasteiger partial charge in [0.15, 0.2) is 11.5 Å². The Morgan fingerprint density at radius 1 is 1.07 bits per heavy atom. The minimum absolute atomic E-state index is 0.0864. The van der Waals surface area contributed by atoms with Crippen molar-refractivity contribution in [3.63, 3.8) is 0 Å². The van der Waals surface area contributed by atoms with Crippen molar-refractivity contribution in [2.24, 2.45) is 5.10 Å². The standard InChI is InChI=1S/C22H19N3O5/c1-29-21-13-17(7-12-20(21)30-15-16-5-3-2-4-6-16)14-23-24-22(26)18-8-10-19(11-9-18)25(27)28/h2-14H,15H2,1H3,(H,24,26). The summed E-state index contributed by atoms with van der Waals surface area (Å²) in [5, 5.41) is 14.6. The third-order valence-electron chi connectivity index (χ3n) is 4.14. The zero-order valence-corrected chi connectivity index (χ0v) is 16.1. The Morgan fingerprint density at radius 2 is 1.80 bits per heavy atom. The Hall–Kier alpha value is -4.20. The van der Waals surface area contributed by atoms with E-state index in [4.69, 9.17) is 9.47 Å². The number of methoxy groups -OCH3 is 1. The van der Waals surface area contributed by atoms with Gasteiger partial charge in [0.25, 0.3) is 11.6 Å². The van der Waals surface area contributed by atoms with E-state index in [0.29, 0.717) is 23.7 Å². The van der Waals surface area contributed by atoms with Gasteiger partial charge in [-0.2, -0.15) is 5.10 Å².